The van der Waals surface area contributed by atoms with Crippen LogP contribution < -0.4 is 5.32 Å². The Hall–Kier alpha value is -0.540. The van der Waals surface area contributed by atoms with Crippen molar-refractivity contribution in [3.63, 3.8) is 0 Å². The minimum atomic E-state index is 0.706. The zero-order valence-electron chi connectivity index (χ0n) is 10.7. The number of aryl methyl sites for hydroxylation is 2. The van der Waals surface area contributed by atoms with Gasteiger partial charge in [-0.2, -0.15) is 5.10 Å². The lowest BCUT2D eigenvalue weighted by Gasteiger charge is -2.10. The maximum atomic E-state index is 6.26. The quantitative estimate of drug-likeness (QED) is 0.833. The van der Waals surface area contributed by atoms with Crippen LogP contribution in [0, 0.1) is 5.92 Å². The number of halogens is 1. The predicted molar refractivity (Wildman–Crippen MR) is 68.8 cm³/mol. The summed E-state index contributed by atoms with van der Waals surface area (Å²) in [6.07, 6.45) is 2.09. The molecule has 3 nitrogen and oxygen atoms in total. The van der Waals surface area contributed by atoms with Gasteiger partial charge in [0.05, 0.1) is 16.4 Å². The molecule has 0 fully saturated rings. The number of aromatic nitrogens is 2. The van der Waals surface area contributed by atoms with Gasteiger partial charge in [0.2, 0.25) is 0 Å². The zero-order chi connectivity index (χ0) is 12.1. The van der Waals surface area contributed by atoms with E-state index in [4.69, 9.17) is 11.6 Å². The molecule has 1 aromatic heterocycles. The van der Waals surface area contributed by atoms with Crippen molar-refractivity contribution in [3.05, 3.63) is 16.4 Å². The fourth-order valence-electron chi connectivity index (χ4n) is 1.59. The predicted octanol–water partition coefficient (Wildman–Crippen LogP) is 2.77. The number of nitrogens with one attached hydrogen (secondary N) is 1. The second kappa shape index (κ2) is 6.26. The van der Waals surface area contributed by atoms with Crippen molar-refractivity contribution in [3.8, 4) is 0 Å². The summed E-state index contributed by atoms with van der Waals surface area (Å²) in [5, 5.41) is 8.64. The molecule has 1 unspecified atom stereocenters. The molecular formula is C12H22ClN3. The van der Waals surface area contributed by atoms with E-state index in [9.17, 15) is 0 Å². The van der Waals surface area contributed by atoms with Gasteiger partial charge in [0.25, 0.3) is 0 Å². The van der Waals surface area contributed by atoms with Crippen LogP contribution in [0.2, 0.25) is 5.02 Å². The Morgan fingerprint density at radius 3 is 2.62 bits per heavy atom. The standard InChI is InChI=1S/C12H22ClN3/c1-5-9(3)7-14-8-11-12(13)10(6-2)15-16(11)4/h9,14H,5-8H2,1-4H3. The first-order chi connectivity index (χ1) is 7.60. The molecule has 0 saturated carbocycles. The van der Waals surface area contributed by atoms with Gasteiger partial charge in [-0.25, -0.2) is 0 Å². The van der Waals surface area contributed by atoms with Gasteiger partial charge in [0.1, 0.15) is 0 Å². The molecule has 0 aliphatic rings. The topological polar surface area (TPSA) is 29.9 Å². The molecule has 4 heteroatoms. The maximum Gasteiger partial charge on any atom is 0.0863 e. The average Bonchev–Trinajstić information content (AvgIpc) is 2.55. The van der Waals surface area contributed by atoms with E-state index in [1.165, 1.54) is 6.42 Å². The summed E-state index contributed by atoms with van der Waals surface area (Å²) in [6, 6.07) is 0. The highest BCUT2D eigenvalue weighted by atomic mass is 35.5. The van der Waals surface area contributed by atoms with Crippen LogP contribution in [0.3, 0.4) is 0 Å². The minimum Gasteiger partial charge on any atom is -0.311 e. The molecule has 1 aromatic rings. The summed E-state index contributed by atoms with van der Waals surface area (Å²) in [7, 11) is 1.95. The smallest absolute Gasteiger partial charge is 0.0863 e. The van der Waals surface area contributed by atoms with Crippen molar-refractivity contribution in [1.29, 1.82) is 0 Å². The number of nitrogens with zero attached hydrogens (tertiary/aromatic N) is 2. The van der Waals surface area contributed by atoms with Crippen LogP contribution in [0.15, 0.2) is 0 Å². The van der Waals surface area contributed by atoms with Crippen LogP contribution in [-0.4, -0.2) is 16.3 Å². The fourth-order valence-corrected chi connectivity index (χ4v) is 1.95. The van der Waals surface area contributed by atoms with E-state index >= 15 is 0 Å². The summed E-state index contributed by atoms with van der Waals surface area (Å²) < 4.78 is 1.88. The third-order valence-corrected chi connectivity index (χ3v) is 3.42. The van der Waals surface area contributed by atoms with Crippen molar-refractivity contribution in [2.45, 2.75) is 40.2 Å². The Morgan fingerprint density at radius 2 is 2.12 bits per heavy atom. The molecule has 0 aliphatic carbocycles. The van der Waals surface area contributed by atoms with Gasteiger partial charge in [-0.05, 0) is 18.9 Å². The van der Waals surface area contributed by atoms with Gasteiger partial charge in [-0.1, -0.05) is 38.8 Å². The van der Waals surface area contributed by atoms with E-state index in [0.717, 1.165) is 35.9 Å². The molecule has 0 bridgehead atoms. The number of rotatable bonds is 6. The fraction of sp³-hybridized carbons (Fsp3) is 0.750. The highest BCUT2D eigenvalue weighted by Crippen LogP contribution is 2.20. The van der Waals surface area contributed by atoms with E-state index in [2.05, 4.69) is 31.2 Å². The highest BCUT2D eigenvalue weighted by Gasteiger charge is 2.12. The van der Waals surface area contributed by atoms with Crippen molar-refractivity contribution >= 4 is 11.6 Å². The van der Waals surface area contributed by atoms with Crippen LogP contribution >= 0.6 is 11.6 Å². The van der Waals surface area contributed by atoms with E-state index in [-0.39, 0.29) is 0 Å². The molecule has 0 spiro atoms. The molecule has 1 N–H and O–H groups in total. The Kier molecular flexibility index (Phi) is 5.29. The molecule has 0 amide bonds. The van der Waals surface area contributed by atoms with Gasteiger partial charge >= 0.3 is 0 Å². The largest absolute Gasteiger partial charge is 0.311 e. The lowest BCUT2D eigenvalue weighted by molar-refractivity contribution is 0.491. The molecule has 0 saturated heterocycles. The highest BCUT2D eigenvalue weighted by molar-refractivity contribution is 6.31. The summed E-state index contributed by atoms with van der Waals surface area (Å²) in [5.74, 6) is 0.706. The van der Waals surface area contributed by atoms with E-state index in [0.29, 0.717) is 5.92 Å². The minimum absolute atomic E-state index is 0.706. The first kappa shape index (κ1) is 13.5. The van der Waals surface area contributed by atoms with Crippen LogP contribution in [0.1, 0.15) is 38.6 Å². The number of hydrogen-bond acceptors (Lipinski definition) is 2. The third kappa shape index (κ3) is 3.22. The first-order valence-electron chi connectivity index (χ1n) is 6.01. The molecule has 0 aromatic carbocycles. The lowest BCUT2D eigenvalue weighted by Crippen LogP contribution is -2.21. The molecular weight excluding hydrogens is 222 g/mol. The van der Waals surface area contributed by atoms with Crippen molar-refractivity contribution in [1.82, 2.24) is 15.1 Å². The van der Waals surface area contributed by atoms with Crippen LogP contribution in [-0.2, 0) is 20.0 Å². The molecule has 16 heavy (non-hydrogen) atoms. The van der Waals surface area contributed by atoms with E-state index in [1.54, 1.807) is 0 Å². The molecule has 0 radical (unpaired) electrons. The summed E-state index contributed by atoms with van der Waals surface area (Å²) >= 11 is 6.26. The summed E-state index contributed by atoms with van der Waals surface area (Å²) in [6.45, 7) is 8.35. The first-order valence-corrected chi connectivity index (χ1v) is 6.38. The van der Waals surface area contributed by atoms with Crippen molar-refractivity contribution in [2.75, 3.05) is 6.54 Å². The van der Waals surface area contributed by atoms with Crippen molar-refractivity contribution in [2.24, 2.45) is 13.0 Å². The van der Waals surface area contributed by atoms with Crippen LogP contribution in [0.25, 0.3) is 0 Å². The number of hydrogen-bond donors (Lipinski definition) is 1. The molecule has 1 rings (SSSR count). The van der Waals surface area contributed by atoms with Crippen molar-refractivity contribution < 1.29 is 0 Å². The summed E-state index contributed by atoms with van der Waals surface area (Å²) in [5.41, 5.74) is 2.08. The Balaban J connectivity index is 2.56. The van der Waals surface area contributed by atoms with Gasteiger partial charge in [-0.15, -0.1) is 0 Å². The SMILES string of the molecule is CCc1nn(C)c(CNCC(C)CC)c1Cl. The zero-order valence-corrected chi connectivity index (χ0v) is 11.4. The second-order valence-electron chi connectivity index (χ2n) is 4.33. The Morgan fingerprint density at radius 1 is 1.44 bits per heavy atom. The summed E-state index contributed by atoms with van der Waals surface area (Å²) in [4.78, 5) is 0. The van der Waals surface area contributed by atoms with E-state index < -0.39 is 0 Å². The third-order valence-electron chi connectivity index (χ3n) is 2.99. The molecule has 0 aliphatic heterocycles. The van der Waals surface area contributed by atoms with Crippen LogP contribution in [0.5, 0.6) is 0 Å². The molecule has 1 heterocycles. The second-order valence-corrected chi connectivity index (χ2v) is 4.71. The maximum absolute atomic E-state index is 6.26. The molecule has 1 atom stereocenters. The van der Waals surface area contributed by atoms with Gasteiger partial charge in [0.15, 0.2) is 0 Å². The Bertz CT molecular complexity index is 333. The average molecular weight is 244 g/mol. The Labute approximate surface area is 103 Å². The van der Waals surface area contributed by atoms with Gasteiger partial charge in [0, 0.05) is 13.6 Å². The van der Waals surface area contributed by atoms with Gasteiger partial charge < -0.3 is 5.32 Å². The van der Waals surface area contributed by atoms with Gasteiger partial charge in [-0.3, -0.25) is 4.68 Å². The van der Waals surface area contributed by atoms with Crippen LogP contribution in [0.4, 0.5) is 0 Å². The monoisotopic (exact) mass is 243 g/mol. The normalized spacial score (nSPS) is 13.1. The molecule has 92 valence electrons. The lowest BCUT2D eigenvalue weighted by atomic mass is 10.1. The van der Waals surface area contributed by atoms with E-state index in [1.807, 2.05) is 11.7 Å².